The Labute approximate surface area is 208 Å². The van der Waals surface area contributed by atoms with E-state index in [1.54, 1.807) is 0 Å². The maximum absolute atomic E-state index is 13.0. The Bertz CT molecular complexity index is 806. The highest BCUT2D eigenvalue weighted by Crippen LogP contribution is 2.19. The largest absolute Gasteiger partial charge is 0.480 e. The summed E-state index contributed by atoms with van der Waals surface area (Å²) >= 11 is 1.44. The third-order valence-corrected chi connectivity index (χ3v) is 6.02. The number of carboxylic acids is 1. The molecule has 0 bridgehead atoms. The van der Waals surface area contributed by atoms with Crippen LogP contribution in [0.3, 0.4) is 0 Å². The number of thioether (sulfide) groups is 1. The van der Waals surface area contributed by atoms with Crippen molar-refractivity contribution in [1.29, 1.82) is 0 Å². The second-order valence-electron chi connectivity index (χ2n) is 8.16. The van der Waals surface area contributed by atoms with Crippen molar-refractivity contribution in [3.63, 3.8) is 0 Å². The van der Waals surface area contributed by atoms with Crippen molar-refractivity contribution in [3.05, 3.63) is 0 Å². The van der Waals surface area contributed by atoms with Gasteiger partial charge in [0, 0.05) is 13.1 Å². The Balaban J connectivity index is 2.95. The number of hydrogen-bond acceptors (Lipinski definition) is 8. The molecule has 14 nitrogen and oxygen atoms in total. The van der Waals surface area contributed by atoms with E-state index in [1.807, 2.05) is 6.26 Å². The van der Waals surface area contributed by atoms with Crippen LogP contribution in [0.4, 0.5) is 0 Å². The highest BCUT2D eigenvalue weighted by Gasteiger charge is 2.38. The number of aliphatic carboxylic acids is 1. The van der Waals surface area contributed by atoms with Crippen LogP contribution in [0, 0.1) is 0 Å². The number of nitrogens with zero attached hydrogens (tertiary/aromatic N) is 2. The van der Waals surface area contributed by atoms with Crippen molar-refractivity contribution in [2.75, 3.05) is 25.1 Å². The van der Waals surface area contributed by atoms with Gasteiger partial charge in [-0.25, -0.2) is 4.79 Å². The van der Waals surface area contributed by atoms with Crippen LogP contribution < -0.4 is 33.6 Å². The Morgan fingerprint density at radius 1 is 1.11 bits per heavy atom. The molecular weight excluding hydrogens is 480 g/mol. The SMILES string of the molecule is CSCCC(NC(=O)C(CCCN=C(N)N)NC(=O)C1CCCN1C(=O)C(N)CC(N)=O)C(=O)O. The fraction of sp³-hybridized carbons (Fsp3) is 0.700. The number of carbonyl (C=O) groups is 5. The molecule has 0 aromatic heterocycles. The fourth-order valence-electron chi connectivity index (χ4n) is 3.63. The van der Waals surface area contributed by atoms with Crippen LogP contribution in [0.2, 0.25) is 0 Å². The van der Waals surface area contributed by atoms with Crippen LogP contribution in [-0.2, 0) is 24.0 Å². The molecule has 1 rings (SSSR count). The van der Waals surface area contributed by atoms with Gasteiger partial charge in [-0.15, -0.1) is 0 Å². The molecule has 4 atom stereocenters. The van der Waals surface area contributed by atoms with Crippen molar-refractivity contribution in [2.45, 2.75) is 62.7 Å². The number of nitrogens with one attached hydrogen (secondary N) is 2. The standard InChI is InChI=1S/C20H36N8O6S/c1-35-9-6-13(19(33)34)27-16(30)12(4-2-7-25-20(23)24)26-17(31)14-5-3-8-28(14)18(32)11(21)10-15(22)29/h11-14H,2-10,21H2,1H3,(H2,22,29)(H,26,31)(H,27,30)(H,33,34)(H4,23,24,25). The Morgan fingerprint density at radius 3 is 2.37 bits per heavy atom. The van der Waals surface area contributed by atoms with Gasteiger partial charge in [0.2, 0.25) is 23.6 Å². The van der Waals surface area contributed by atoms with Gasteiger partial charge in [0.15, 0.2) is 5.96 Å². The third kappa shape index (κ3) is 10.4. The monoisotopic (exact) mass is 516 g/mol. The van der Waals surface area contributed by atoms with Crippen LogP contribution >= 0.6 is 11.8 Å². The van der Waals surface area contributed by atoms with Crippen molar-refractivity contribution in [2.24, 2.45) is 27.9 Å². The number of carboxylic acid groups (broad SMARTS) is 1. The quantitative estimate of drug-likeness (QED) is 0.0661. The average Bonchev–Trinajstić information content (AvgIpc) is 3.27. The lowest BCUT2D eigenvalue weighted by Gasteiger charge is -2.28. The molecule has 1 aliphatic rings. The maximum Gasteiger partial charge on any atom is 0.326 e. The number of likely N-dealkylation sites (tertiary alicyclic amines) is 1. The number of rotatable bonds is 15. The molecule has 4 unspecified atom stereocenters. The molecule has 0 aromatic carbocycles. The summed E-state index contributed by atoms with van der Waals surface area (Å²) in [6.45, 7) is 0.466. The minimum absolute atomic E-state index is 0.120. The Kier molecular flexibility index (Phi) is 12.9. The summed E-state index contributed by atoms with van der Waals surface area (Å²) in [4.78, 5) is 66.4. The summed E-state index contributed by atoms with van der Waals surface area (Å²) in [5, 5.41) is 14.5. The first-order chi connectivity index (χ1) is 16.5. The first-order valence-corrected chi connectivity index (χ1v) is 12.6. The molecule has 0 radical (unpaired) electrons. The first kappa shape index (κ1) is 30.0. The van der Waals surface area contributed by atoms with E-state index < -0.39 is 53.8 Å². The van der Waals surface area contributed by atoms with Crippen LogP contribution in [0.15, 0.2) is 4.99 Å². The molecule has 0 aromatic rings. The smallest absolute Gasteiger partial charge is 0.326 e. The molecule has 0 aliphatic carbocycles. The summed E-state index contributed by atoms with van der Waals surface area (Å²) in [5.74, 6) is -3.36. The number of amides is 4. The van der Waals surface area contributed by atoms with E-state index in [1.165, 1.54) is 16.7 Å². The molecule has 198 valence electrons. The van der Waals surface area contributed by atoms with Crippen LogP contribution in [-0.4, -0.2) is 94.8 Å². The van der Waals surface area contributed by atoms with Crippen molar-refractivity contribution < 1.29 is 29.1 Å². The van der Waals surface area contributed by atoms with Gasteiger partial charge < -0.3 is 43.6 Å². The van der Waals surface area contributed by atoms with E-state index in [0.29, 0.717) is 25.0 Å². The maximum atomic E-state index is 13.0. The molecule has 35 heavy (non-hydrogen) atoms. The zero-order valence-corrected chi connectivity index (χ0v) is 20.6. The number of guanidine groups is 1. The first-order valence-electron chi connectivity index (χ1n) is 11.2. The van der Waals surface area contributed by atoms with E-state index in [2.05, 4.69) is 15.6 Å². The summed E-state index contributed by atoms with van der Waals surface area (Å²) < 4.78 is 0. The highest BCUT2D eigenvalue weighted by molar-refractivity contribution is 7.98. The van der Waals surface area contributed by atoms with Gasteiger partial charge in [-0.3, -0.25) is 24.2 Å². The summed E-state index contributed by atoms with van der Waals surface area (Å²) in [6.07, 6.45) is 3.00. The molecule has 4 amide bonds. The molecule has 15 heteroatoms. The normalized spacial score (nSPS) is 17.7. The highest BCUT2D eigenvalue weighted by atomic mass is 32.2. The number of carbonyl (C=O) groups excluding carboxylic acids is 4. The molecule has 0 spiro atoms. The van der Waals surface area contributed by atoms with E-state index in [9.17, 15) is 29.1 Å². The van der Waals surface area contributed by atoms with Gasteiger partial charge >= 0.3 is 5.97 Å². The Hall–Kier alpha value is -3.07. The molecule has 1 aliphatic heterocycles. The van der Waals surface area contributed by atoms with Crippen LogP contribution in [0.1, 0.15) is 38.5 Å². The molecule has 1 heterocycles. The van der Waals surface area contributed by atoms with E-state index in [0.717, 1.165) is 0 Å². The van der Waals surface area contributed by atoms with E-state index >= 15 is 0 Å². The summed E-state index contributed by atoms with van der Waals surface area (Å²) in [6, 6.07) is -4.26. The second kappa shape index (κ2) is 15.0. The Morgan fingerprint density at radius 2 is 1.80 bits per heavy atom. The topological polar surface area (TPSA) is 249 Å². The lowest BCUT2D eigenvalue weighted by atomic mass is 10.1. The molecular formula is C20H36N8O6S. The van der Waals surface area contributed by atoms with Gasteiger partial charge in [-0.2, -0.15) is 11.8 Å². The average molecular weight is 517 g/mol. The lowest BCUT2D eigenvalue weighted by Crippen LogP contribution is -2.56. The van der Waals surface area contributed by atoms with E-state index in [-0.39, 0.29) is 38.3 Å². The summed E-state index contributed by atoms with van der Waals surface area (Å²) in [7, 11) is 0. The number of primary amides is 1. The predicted molar refractivity (Wildman–Crippen MR) is 131 cm³/mol. The second-order valence-corrected chi connectivity index (χ2v) is 9.14. The minimum atomic E-state index is -1.19. The molecule has 0 saturated carbocycles. The predicted octanol–water partition coefficient (Wildman–Crippen LogP) is -2.96. The lowest BCUT2D eigenvalue weighted by molar-refractivity contribution is -0.143. The van der Waals surface area contributed by atoms with Crippen molar-refractivity contribution in [3.8, 4) is 0 Å². The molecule has 1 fully saturated rings. The van der Waals surface area contributed by atoms with Gasteiger partial charge in [0.1, 0.15) is 18.1 Å². The third-order valence-electron chi connectivity index (χ3n) is 5.38. The molecule has 1 saturated heterocycles. The van der Waals surface area contributed by atoms with Gasteiger partial charge in [-0.05, 0) is 44.1 Å². The van der Waals surface area contributed by atoms with Crippen LogP contribution in [0.5, 0.6) is 0 Å². The number of aliphatic imine (C=N–C) groups is 1. The van der Waals surface area contributed by atoms with Gasteiger partial charge in [0.25, 0.3) is 0 Å². The zero-order valence-electron chi connectivity index (χ0n) is 19.8. The minimum Gasteiger partial charge on any atom is -0.480 e. The number of nitrogens with two attached hydrogens (primary N) is 4. The fourth-order valence-corrected chi connectivity index (χ4v) is 4.10. The van der Waals surface area contributed by atoms with Gasteiger partial charge in [0.05, 0.1) is 12.5 Å². The van der Waals surface area contributed by atoms with Crippen molar-refractivity contribution >= 4 is 47.3 Å². The number of hydrogen-bond donors (Lipinski definition) is 7. The molecule has 11 N–H and O–H groups in total. The van der Waals surface area contributed by atoms with Crippen LogP contribution in [0.25, 0.3) is 0 Å². The zero-order chi connectivity index (χ0) is 26.5. The summed E-state index contributed by atoms with van der Waals surface area (Å²) in [5.41, 5.74) is 21.5. The van der Waals surface area contributed by atoms with Crippen molar-refractivity contribution in [1.82, 2.24) is 15.5 Å². The van der Waals surface area contributed by atoms with Gasteiger partial charge in [-0.1, -0.05) is 0 Å². The van der Waals surface area contributed by atoms with E-state index in [4.69, 9.17) is 22.9 Å².